The molecule has 12 heavy (non-hydrogen) atoms. The van der Waals surface area contributed by atoms with E-state index in [1.54, 1.807) is 0 Å². The van der Waals surface area contributed by atoms with E-state index in [2.05, 4.69) is 31.9 Å². The predicted molar refractivity (Wildman–Crippen MR) is 50.5 cm³/mol. The van der Waals surface area contributed by atoms with Gasteiger partial charge >= 0.3 is 5.97 Å². The number of hydrogen-bond acceptors (Lipinski definition) is 2. The molecule has 0 saturated carbocycles. The fourth-order valence-corrected chi connectivity index (χ4v) is 1.57. The monoisotopic (exact) mass is 294 g/mol. The first-order chi connectivity index (χ1) is 5.52. The predicted octanol–water partition coefficient (Wildman–Crippen LogP) is 2.62. The van der Waals surface area contributed by atoms with E-state index in [-0.39, 0.29) is 15.8 Å². The van der Waals surface area contributed by atoms with Gasteiger partial charge < -0.3 is 10.2 Å². The molecule has 0 unspecified atom stereocenters. The van der Waals surface area contributed by atoms with Crippen molar-refractivity contribution in [1.82, 2.24) is 0 Å². The van der Waals surface area contributed by atoms with Crippen molar-refractivity contribution in [2.75, 3.05) is 0 Å². The summed E-state index contributed by atoms with van der Waals surface area (Å²) in [4.78, 5) is 10.6. The van der Waals surface area contributed by atoms with Crippen molar-refractivity contribution in [3.05, 3.63) is 26.6 Å². The molecule has 0 aliphatic carbocycles. The highest BCUT2D eigenvalue weighted by Gasteiger charge is 2.12. The van der Waals surface area contributed by atoms with Crippen molar-refractivity contribution in [2.24, 2.45) is 0 Å². The molecular weight excluding hydrogens is 292 g/mol. The molecule has 0 spiro atoms. The molecule has 64 valence electrons. The summed E-state index contributed by atoms with van der Waals surface area (Å²) in [6.45, 7) is 0. The van der Waals surface area contributed by atoms with Crippen LogP contribution in [-0.2, 0) is 0 Å². The Balaban J connectivity index is 3.37. The van der Waals surface area contributed by atoms with Gasteiger partial charge in [-0.3, -0.25) is 0 Å². The van der Waals surface area contributed by atoms with Crippen LogP contribution in [0.1, 0.15) is 10.4 Å². The number of aromatic carboxylic acids is 1. The van der Waals surface area contributed by atoms with Gasteiger partial charge in [0.1, 0.15) is 5.75 Å². The molecule has 2 N–H and O–H groups in total. The summed E-state index contributed by atoms with van der Waals surface area (Å²) in [6, 6.07) is 2.82. The molecule has 0 saturated heterocycles. The third-order valence-electron chi connectivity index (χ3n) is 1.25. The van der Waals surface area contributed by atoms with Crippen LogP contribution in [0.2, 0.25) is 0 Å². The molecule has 0 aliphatic heterocycles. The molecule has 1 aromatic carbocycles. The Labute approximate surface area is 85.3 Å². The minimum absolute atomic E-state index is 0.0295. The average Bonchev–Trinajstić information content (AvgIpc) is 1.96. The molecule has 5 heteroatoms. The first kappa shape index (κ1) is 9.54. The second-order valence-electron chi connectivity index (χ2n) is 2.09. The first-order valence-electron chi connectivity index (χ1n) is 2.93. The third kappa shape index (κ3) is 1.78. The largest absolute Gasteiger partial charge is 0.507 e. The summed E-state index contributed by atoms with van der Waals surface area (Å²) < 4.78 is 0.721. The van der Waals surface area contributed by atoms with Gasteiger partial charge in [0.05, 0.1) is 10.0 Å². The maximum absolute atomic E-state index is 10.6. The second kappa shape index (κ2) is 3.45. The van der Waals surface area contributed by atoms with Crippen molar-refractivity contribution in [3.63, 3.8) is 0 Å². The number of rotatable bonds is 1. The number of carboxylic acid groups (broad SMARTS) is 1. The summed E-state index contributed by atoms with van der Waals surface area (Å²) >= 11 is 6.03. The molecule has 0 radical (unpaired) electrons. The van der Waals surface area contributed by atoms with Crippen LogP contribution in [0.4, 0.5) is 0 Å². The van der Waals surface area contributed by atoms with E-state index in [4.69, 9.17) is 5.11 Å². The zero-order chi connectivity index (χ0) is 9.30. The number of carboxylic acids is 1. The van der Waals surface area contributed by atoms with E-state index in [0.717, 1.165) is 0 Å². The highest BCUT2D eigenvalue weighted by Crippen LogP contribution is 2.31. The van der Waals surface area contributed by atoms with E-state index in [0.29, 0.717) is 4.47 Å². The Morgan fingerprint density at radius 3 is 2.42 bits per heavy atom. The molecule has 0 heterocycles. The molecule has 0 aliphatic rings. The lowest BCUT2D eigenvalue weighted by molar-refractivity contribution is 0.0695. The molecule has 1 aromatic rings. The van der Waals surface area contributed by atoms with Crippen molar-refractivity contribution in [3.8, 4) is 5.75 Å². The summed E-state index contributed by atoms with van der Waals surface area (Å²) in [5.41, 5.74) is 0.0295. The van der Waals surface area contributed by atoms with E-state index in [1.165, 1.54) is 12.1 Å². The molecule has 0 aromatic heterocycles. The van der Waals surface area contributed by atoms with Gasteiger partial charge in [0, 0.05) is 4.47 Å². The maximum Gasteiger partial charge on any atom is 0.337 e. The van der Waals surface area contributed by atoms with Crippen LogP contribution in [0.5, 0.6) is 5.75 Å². The fraction of sp³-hybridized carbons (Fsp3) is 0. The number of aromatic hydroxyl groups is 1. The second-order valence-corrected chi connectivity index (χ2v) is 3.80. The molecule has 0 fully saturated rings. The number of hydrogen-bond donors (Lipinski definition) is 2. The Morgan fingerprint density at radius 2 is 1.92 bits per heavy atom. The van der Waals surface area contributed by atoms with E-state index < -0.39 is 5.97 Å². The van der Waals surface area contributed by atoms with E-state index in [1.807, 2.05) is 0 Å². The summed E-state index contributed by atoms with van der Waals surface area (Å²) in [5, 5.41) is 17.8. The van der Waals surface area contributed by atoms with Crippen LogP contribution in [-0.4, -0.2) is 16.2 Å². The number of carbonyl (C=O) groups is 1. The fourth-order valence-electron chi connectivity index (χ4n) is 0.730. The van der Waals surface area contributed by atoms with Crippen LogP contribution in [0.25, 0.3) is 0 Å². The first-order valence-corrected chi connectivity index (χ1v) is 4.52. The van der Waals surface area contributed by atoms with Gasteiger partial charge in [0.25, 0.3) is 0 Å². The van der Waals surface area contributed by atoms with Gasteiger partial charge in [0.15, 0.2) is 0 Å². The average molecular weight is 296 g/mol. The number of phenolic OH excluding ortho intramolecular Hbond substituents is 1. The zero-order valence-electron chi connectivity index (χ0n) is 5.71. The number of phenols is 1. The van der Waals surface area contributed by atoms with Gasteiger partial charge in [-0.2, -0.15) is 0 Å². The van der Waals surface area contributed by atoms with Gasteiger partial charge in [-0.25, -0.2) is 4.79 Å². The quantitative estimate of drug-likeness (QED) is 0.837. The minimum Gasteiger partial charge on any atom is -0.507 e. The van der Waals surface area contributed by atoms with Crippen LogP contribution in [0.3, 0.4) is 0 Å². The Bertz CT molecular complexity index is 336. The standard InChI is InChI=1S/C7H4Br2O3/c8-3-1-4(7(11)12)6(9)5(10)2-3/h1-2,10H,(H,11,12). The molecule has 3 nitrogen and oxygen atoms in total. The normalized spacial score (nSPS) is 9.83. The molecule has 0 atom stereocenters. The Morgan fingerprint density at radius 1 is 1.33 bits per heavy atom. The summed E-state index contributed by atoms with van der Waals surface area (Å²) in [7, 11) is 0. The Kier molecular flexibility index (Phi) is 2.74. The number of halogens is 2. The van der Waals surface area contributed by atoms with Crippen molar-refractivity contribution < 1.29 is 15.0 Å². The lowest BCUT2D eigenvalue weighted by atomic mass is 10.2. The maximum atomic E-state index is 10.6. The van der Waals surface area contributed by atoms with Gasteiger partial charge in [0.2, 0.25) is 0 Å². The number of benzene rings is 1. The van der Waals surface area contributed by atoms with Crippen molar-refractivity contribution >= 4 is 37.8 Å². The van der Waals surface area contributed by atoms with Crippen LogP contribution in [0.15, 0.2) is 21.1 Å². The van der Waals surface area contributed by atoms with E-state index in [9.17, 15) is 9.90 Å². The lowest BCUT2D eigenvalue weighted by Crippen LogP contribution is -1.97. The molecule has 1 rings (SSSR count). The third-order valence-corrected chi connectivity index (χ3v) is 2.54. The summed E-state index contributed by atoms with van der Waals surface area (Å²) in [6.07, 6.45) is 0. The van der Waals surface area contributed by atoms with E-state index >= 15 is 0 Å². The smallest absolute Gasteiger partial charge is 0.337 e. The van der Waals surface area contributed by atoms with Gasteiger partial charge in [-0.05, 0) is 28.1 Å². The molecular formula is C7H4Br2O3. The lowest BCUT2D eigenvalue weighted by Gasteiger charge is -2.01. The molecule has 0 amide bonds. The van der Waals surface area contributed by atoms with Crippen molar-refractivity contribution in [1.29, 1.82) is 0 Å². The van der Waals surface area contributed by atoms with Crippen LogP contribution < -0.4 is 0 Å². The van der Waals surface area contributed by atoms with Gasteiger partial charge in [-0.1, -0.05) is 15.9 Å². The molecule has 0 bridgehead atoms. The minimum atomic E-state index is -1.08. The highest BCUT2D eigenvalue weighted by molar-refractivity contribution is 9.11. The topological polar surface area (TPSA) is 57.5 Å². The Hall–Kier alpha value is -0.550. The van der Waals surface area contributed by atoms with Crippen LogP contribution in [0, 0.1) is 0 Å². The van der Waals surface area contributed by atoms with Crippen molar-refractivity contribution in [2.45, 2.75) is 0 Å². The zero-order valence-corrected chi connectivity index (χ0v) is 8.89. The van der Waals surface area contributed by atoms with Gasteiger partial charge in [-0.15, -0.1) is 0 Å². The van der Waals surface area contributed by atoms with Crippen LogP contribution >= 0.6 is 31.9 Å². The summed E-state index contributed by atoms with van der Waals surface area (Å²) in [5.74, 6) is -1.18. The highest BCUT2D eigenvalue weighted by atomic mass is 79.9. The SMILES string of the molecule is O=C(O)c1cc(Br)cc(O)c1Br.